The van der Waals surface area contributed by atoms with Gasteiger partial charge in [0.15, 0.2) is 11.9 Å². The first kappa shape index (κ1) is 18.0. The Labute approximate surface area is 140 Å². The fourth-order valence-electron chi connectivity index (χ4n) is 2.52. The van der Waals surface area contributed by atoms with Crippen LogP contribution in [0.15, 0.2) is 24.3 Å². The predicted molar refractivity (Wildman–Crippen MR) is 87.0 cm³/mol. The number of carbonyl (C=O) groups is 2. The second-order valence-electron chi connectivity index (χ2n) is 6.36. The number of Topliss-reactive ketones (excluding diaryl/α,β-unsaturated/α-hetero) is 1. The lowest BCUT2D eigenvalue weighted by molar-refractivity contribution is -0.143. The summed E-state index contributed by atoms with van der Waals surface area (Å²) in [5.74, 6) is -0.356. The van der Waals surface area contributed by atoms with Crippen LogP contribution in [0.1, 0.15) is 49.2 Å². The molecule has 2 unspecified atom stereocenters. The van der Waals surface area contributed by atoms with Crippen molar-refractivity contribution in [3.63, 3.8) is 0 Å². The van der Waals surface area contributed by atoms with E-state index in [0.29, 0.717) is 23.3 Å². The molecule has 24 heavy (non-hydrogen) atoms. The Morgan fingerprint density at radius 2 is 2.04 bits per heavy atom. The average Bonchev–Trinajstić information content (AvgIpc) is 2.80. The molecule has 2 N–H and O–H groups in total. The molecule has 6 nitrogen and oxygen atoms in total. The number of fused-ring (bicyclic) bond motifs is 1. The van der Waals surface area contributed by atoms with Gasteiger partial charge in [0.05, 0.1) is 5.56 Å². The van der Waals surface area contributed by atoms with E-state index in [-0.39, 0.29) is 35.6 Å². The summed E-state index contributed by atoms with van der Waals surface area (Å²) in [6.07, 6.45) is -1.55. The summed E-state index contributed by atoms with van der Waals surface area (Å²) in [6, 6.07) is 2.71. The minimum absolute atomic E-state index is 0.0627. The molecule has 0 saturated heterocycles. The first-order chi connectivity index (χ1) is 11.2. The first-order valence-corrected chi connectivity index (χ1v) is 7.76. The zero-order valence-electron chi connectivity index (χ0n) is 14.0. The molecule has 0 spiro atoms. The van der Waals surface area contributed by atoms with Crippen molar-refractivity contribution >= 4 is 11.8 Å². The van der Waals surface area contributed by atoms with E-state index in [9.17, 15) is 19.8 Å². The number of benzene rings is 1. The molecular weight excluding hydrogens is 312 g/mol. The van der Waals surface area contributed by atoms with Gasteiger partial charge in [-0.05, 0) is 25.0 Å². The summed E-state index contributed by atoms with van der Waals surface area (Å²) in [5, 5.41) is 20.2. The molecule has 1 aromatic rings. The fourth-order valence-corrected chi connectivity index (χ4v) is 2.52. The zero-order valence-corrected chi connectivity index (χ0v) is 14.0. The Bertz CT molecular complexity index is 676. The van der Waals surface area contributed by atoms with Crippen LogP contribution in [-0.4, -0.2) is 34.7 Å². The van der Waals surface area contributed by atoms with Gasteiger partial charge in [-0.2, -0.15) is 0 Å². The second-order valence-corrected chi connectivity index (χ2v) is 6.36. The van der Waals surface area contributed by atoms with Crippen molar-refractivity contribution in [1.82, 2.24) is 0 Å². The number of hydrogen-bond acceptors (Lipinski definition) is 6. The van der Waals surface area contributed by atoms with E-state index >= 15 is 0 Å². The van der Waals surface area contributed by atoms with Crippen molar-refractivity contribution in [1.29, 1.82) is 0 Å². The van der Waals surface area contributed by atoms with Gasteiger partial charge in [0.25, 0.3) is 0 Å². The number of carbonyl (C=O) groups excluding carboxylic acids is 2. The molecule has 1 heterocycles. The molecule has 1 aliphatic heterocycles. The minimum atomic E-state index is -1.05. The molecule has 0 amide bonds. The van der Waals surface area contributed by atoms with Gasteiger partial charge in [-0.1, -0.05) is 20.4 Å². The van der Waals surface area contributed by atoms with Crippen LogP contribution in [0.25, 0.3) is 0 Å². The summed E-state index contributed by atoms with van der Waals surface area (Å²) < 4.78 is 10.8. The molecule has 0 aromatic heterocycles. The maximum atomic E-state index is 11.6. The zero-order chi connectivity index (χ0) is 18.0. The summed E-state index contributed by atoms with van der Waals surface area (Å²) in [6.45, 7) is 8.90. The lowest BCUT2D eigenvalue weighted by atomic mass is 9.99. The van der Waals surface area contributed by atoms with Gasteiger partial charge in [-0.15, -0.1) is 0 Å². The SMILES string of the molecule is C=C(COC(=O)CC(C)C)C1Oc2cc(C(C)=O)c(O)cc2C1O. The number of aliphatic hydroxyl groups excluding tert-OH is 1. The normalized spacial score (nSPS) is 18.9. The molecule has 0 saturated carbocycles. The van der Waals surface area contributed by atoms with E-state index in [4.69, 9.17) is 9.47 Å². The number of aromatic hydroxyl groups is 1. The molecule has 1 aromatic carbocycles. The van der Waals surface area contributed by atoms with Crippen molar-refractivity contribution in [2.75, 3.05) is 6.61 Å². The maximum absolute atomic E-state index is 11.6. The van der Waals surface area contributed by atoms with Gasteiger partial charge >= 0.3 is 5.97 Å². The number of rotatable bonds is 6. The smallest absolute Gasteiger partial charge is 0.306 e. The van der Waals surface area contributed by atoms with Crippen LogP contribution in [0.5, 0.6) is 11.5 Å². The van der Waals surface area contributed by atoms with Crippen LogP contribution in [-0.2, 0) is 9.53 Å². The molecule has 0 bridgehead atoms. The van der Waals surface area contributed by atoms with Crippen LogP contribution in [0, 0.1) is 5.92 Å². The number of phenolic OH excluding ortho intramolecular Hbond substituents is 1. The number of aliphatic hydroxyl groups is 1. The minimum Gasteiger partial charge on any atom is -0.507 e. The van der Waals surface area contributed by atoms with Gasteiger partial charge in [0.2, 0.25) is 0 Å². The van der Waals surface area contributed by atoms with Gasteiger partial charge in [0, 0.05) is 17.6 Å². The van der Waals surface area contributed by atoms with Crippen LogP contribution in [0.4, 0.5) is 0 Å². The Balaban J connectivity index is 2.07. The summed E-state index contributed by atoms with van der Waals surface area (Å²) in [7, 11) is 0. The lowest BCUT2D eigenvalue weighted by Crippen LogP contribution is -2.24. The number of ketones is 1. The van der Waals surface area contributed by atoms with Crippen molar-refractivity contribution in [2.45, 2.75) is 39.4 Å². The van der Waals surface area contributed by atoms with Crippen LogP contribution >= 0.6 is 0 Å². The van der Waals surface area contributed by atoms with Crippen LogP contribution in [0.3, 0.4) is 0 Å². The molecule has 6 heteroatoms. The number of hydrogen-bond donors (Lipinski definition) is 2. The second kappa shape index (κ2) is 7.05. The summed E-state index contributed by atoms with van der Waals surface area (Å²) >= 11 is 0. The third-order valence-corrected chi connectivity index (χ3v) is 3.76. The van der Waals surface area contributed by atoms with E-state index in [1.54, 1.807) is 0 Å². The van der Waals surface area contributed by atoms with Gasteiger partial charge in [0.1, 0.15) is 24.2 Å². The summed E-state index contributed by atoms with van der Waals surface area (Å²) in [4.78, 5) is 23.1. The fraction of sp³-hybridized carbons (Fsp3) is 0.444. The Kier molecular flexibility index (Phi) is 5.29. The molecule has 0 aliphatic carbocycles. The largest absolute Gasteiger partial charge is 0.507 e. The van der Waals surface area contributed by atoms with Crippen molar-refractivity contribution in [3.05, 3.63) is 35.4 Å². The highest BCUT2D eigenvalue weighted by Gasteiger charge is 2.36. The quantitative estimate of drug-likeness (QED) is 0.472. The average molecular weight is 334 g/mol. The highest BCUT2D eigenvalue weighted by molar-refractivity contribution is 5.97. The Hall–Kier alpha value is -2.34. The number of phenols is 1. The molecule has 2 atom stereocenters. The monoisotopic (exact) mass is 334 g/mol. The van der Waals surface area contributed by atoms with Crippen molar-refractivity contribution in [2.24, 2.45) is 5.92 Å². The molecule has 130 valence electrons. The van der Waals surface area contributed by atoms with E-state index in [0.717, 1.165) is 0 Å². The third kappa shape index (κ3) is 3.76. The van der Waals surface area contributed by atoms with Crippen molar-refractivity contribution in [3.8, 4) is 11.5 Å². The number of ether oxygens (including phenoxy) is 2. The van der Waals surface area contributed by atoms with Crippen molar-refractivity contribution < 1.29 is 29.3 Å². The molecule has 0 fully saturated rings. The summed E-state index contributed by atoms with van der Waals surface area (Å²) in [5.41, 5.74) is 0.896. The predicted octanol–water partition coefficient (Wildman–Crippen LogP) is 2.53. The molecular formula is C18H22O6. The number of esters is 1. The molecule has 2 rings (SSSR count). The topological polar surface area (TPSA) is 93.1 Å². The van der Waals surface area contributed by atoms with E-state index in [1.165, 1.54) is 19.1 Å². The van der Waals surface area contributed by atoms with E-state index in [1.807, 2.05) is 13.8 Å². The van der Waals surface area contributed by atoms with E-state index < -0.39 is 12.2 Å². The Morgan fingerprint density at radius 1 is 1.38 bits per heavy atom. The third-order valence-electron chi connectivity index (χ3n) is 3.76. The molecule has 0 radical (unpaired) electrons. The lowest BCUT2D eigenvalue weighted by Gasteiger charge is -2.17. The standard InChI is InChI=1S/C18H22O6/c1-9(2)5-16(21)23-8-10(3)18-17(22)13-6-14(20)12(11(4)19)7-15(13)24-18/h6-7,9,17-18,20,22H,3,5,8H2,1-2,4H3. The first-order valence-electron chi connectivity index (χ1n) is 7.76. The van der Waals surface area contributed by atoms with Gasteiger partial charge < -0.3 is 19.7 Å². The maximum Gasteiger partial charge on any atom is 0.306 e. The highest BCUT2D eigenvalue weighted by Crippen LogP contribution is 2.42. The van der Waals surface area contributed by atoms with E-state index in [2.05, 4.69) is 6.58 Å². The highest BCUT2D eigenvalue weighted by atomic mass is 16.5. The van der Waals surface area contributed by atoms with Crippen LogP contribution in [0.2, 0.25) is 0 Å². The van der Waals surface area contributed by atoms with Crippen LogP contribution < -0.4 is 4.74 Å². The molecule has 1 aliphatic rings. The van der Waals surface area contributed by atoms with Gasteiger partial charge in [-0.25, -0.2) is 0 Å². The van der Waals surface area contributed by atoms with Gasteiger partial charge in [-0.3, -0.25) is 9.59 Å². The Morgan fingerprint density at radius 3 is 2.62 bits per heavy atom.